The Labute approximate surface area is 232 Å². The number of phosphoric ester groups is 1. The summed E-state index contributed by atoms with van der Waals surface area (Å²) >= 11 is 0. The molecule has 8 nitrogen and oxygen atoms in total. The fourth-order valence-corrected chi connectivity index (χ4v) is 4.54. The summed E-state index contributed by atoms with van der Waals surface area (Å²) in [5.41, 5.74) is 0. The lowest BCUT2D eigenvalue weighted by Gasteiger charge is -2.18. The zero-order valence-electron chi connectivity index (χ0n) is 24.7. The van der Waals surface area contributed by atoms with Crippen molar-refractivity contribution in [2.45, 2.75) is 149 Å². The maximum atomic E-state index is 12.2. The molecule has 0 heterocycles. The van der Waals surface area contributed by atoms with Gasteiger partial charge in [-0.15, -0.1) is 0 Å². The summed E-state index contributed by atoms with van der Waals surface area (Å²) in [7, 11) is -4.73. The van der Waals surface area contributed by atoms with Gasteiger partial charge in [0, 0.05) is 12.8 Å². The number of hydrogen-bond acceptors (Lipinski definition) is 6. The van der Waals surface area contributed by atoms with Crippen LogP contribution in [0.4, 0.5) is 0 Å². The lowest BCUT2D eigenvalue weighted by atomic mass is 10.00. The highest BCUT2D eigenvalue weighted by molar-refractivity contribution is 7.46. The number of unbranched alkanes of at least 4 members (excludes halogenated alkanes) is 11. The summed E-state index contributed by atoms with van der Waals surface area (Å²) in [6.07, 6.45) is 17.2. The Kier molecular flexibility index (Phi) is 23.3. The quantitative estimate of drug-likeness (QED) is 0.0618. The van der Waals surface area contributed by atoms with Gasteiger partial charge in [0.25, 0.3) is 0 Å². The van der Waals surface area contributed by atoms with Crippen molar-refractivity contribution in [3.63, 3.8) is 0 Å². The van der Waals surface area contributed by atoms with Gasteiger partial charge in [-0.1, -0.05) is 118 Å². The van der Waals surface area contributed by atoms with E-state index in [0.29, 0.717) is 6.42 Å². The van der Waals surface area contributed by atoms with Gasteiger partial charge in [0.1, 0.15) is 6.61 Å². The first-order valence-corrected chi connectivity index (χ1v) is 16.6. The van der Waals surface area contributed by atoms with E-state index in [2.05, 4.69) is 32.2 Å². The highest BCUT2D eigenvalue weighted by Gasteiger charge is 2.22. The smallest absolute Gasteiger partial charge is 0.462 e. The monoisotopic (exact) mass is 564 g/mol. The van der Waals surface area contributed by atoms with Gasteiger partial charge in [0.05, 0.1) is 6.61 Å². The summed E-state index contributed by atoms with van der Waals surface area (Å²) in [5.74, 6) is 0.653. The molecule has 0 bridgehead atoms. The summed E-state index contributed by atoms with van der Waals surface area (Å²) in [6.45, 7) is 8.18. The Morgan fingerprint density at radius 1 is 0.684 bits per heavy atom. The van der Waals surface area contributed by atoms with Gasteiger partial charge in [0.2, 0.25) is 0 Å². The van der Waals surface area contributed by atoms with Gasteiger partial charge in [-0.05, 0) is 24.7 Å². The van der Waals surface area contributed by atoms with E-state index in [4.69, 9.17) is 19.3 Å². The molecule has 0 spiro atoms. The number of ether oxygens (including phenoxy) is 2. The van der Waals surface area contributed by atoms with Crippen molar-refractivity contribution in [3.05, 3.63) is 0 Å². The van der Waals surface area contributed by atoms with Crippen LogP contribution in [0.25, 0.3) is 0 Å². The lowest BCUT2D eigenvalue weighted by Crippen LogP contribution is -2.29. The molecule has 0 rings (SSSR count). The van der Waals surface area contributed by atoms with Crippen molar-refractivity contribution >= 4 is 19.8 Å². The third kappa shape index (κ3) is 26.6. The zero-order valence-corrected chi connectivity index (χ0v) is 25.6. The average Bonchev–Trinajstić information content (AvgIpc) is 2.85. The first kappa shape index (κ1) is 37.0. The van der Waals surface area contributed by atoms with Crippen molar-refractivity contribution < 1.29 is 37.9 Å². The van der Waals surface area contributed by atoms with Crippen molar-refractivity contribution in [1.29, 1.82) is 0 Å². The normalized spacial score (nSPS) is 13.4. The van der Waals surface area contributed by atoms with Gasteiger partial charge >= 0.3 is 19.8 Å². The van der Waals surface area contributed by atoms with Crippen LogP contribution in [-0.2, 0) is 28.2 Å². The molecule has 0 aromatic carbocycles. The number of carbonyl (C=O) groups excluding carboxylic acids is 2. The molecule has 226 valence electrons. The van der Waals surface area contributed by atoms with Crippen molar-refractivity contribution in [1.82, 2.24) is 0 Å². The van der Waals surface area contributed by atoms with E-state index in [1.54, 1.807) is 0 Å². The second-order valence-corrected chi connectivity index (χ2v) is 12.4. The SMILES string of the molecule is CCC(C)CCCCCCCCC(=O)O[C@H](COC(=O)CCCCCCCCCC(C)C)COP(=O)(O)O. The molecule has 38 heavy (non-hydrogen) atoms. The molecule has 0 radical (unpaired) electrons. The minimum absolute atomic E-state index is 0.213. The van der Waals surface area contributed by atoms with Crippen LogP contribution in [0.2, 0.25) is 0 Å². The Morgan fingerprint density at radius 2 is 1.16 bits per heavy atom. The molecule has 0 aromatic rings. The fraction of sp³-hybridized carbons (Fsp3) is 0.931. The predicted octanol–water partition coefficient (Wildman–Crippen LogP) is 7.88. The fourth-order valence-electron chi connectivity index (χ4n) is 4.18. The highest BCUT2D eigenvalue weighted by atomic mass is 31.2. The predicted molar refractivity (Wildman–Crippen MR) is 152 cm³/mol. The van der Waals surface area contributed by atoms with Gasteiger partial charge in [-0.3, -0.25) is 14.1 Å². The number of rotatable bonds is 26. The molecule has 0 aromatic heterocycles. The Bertz CT molecular complexity index is 634. The van der Waals surface area contributed by atoms with E-state index >= 15 is 0 Å². The zero-order chi connectivity index (χ0) is 28.7. The molecule has 0 aliphatic heterocycles. The number of hydrogen-bond donors (Lipinski definition) is 2. The number of carbonyl (C=O) groups is 2. The Morgan fingerprint density at radius 3 is 1.66 bits per heavy atom. The second kappa shape index (κ2) is 23.9. The molecular formula is C29H57O8P. The van der Waals surface area contributed by atoms with Crippen LogP contribution in [0, 0.1) is 11.8 Å². The molecule has 2 N–H and O–H groups in total. The van der Waals surface area contributed by atoms with Gasteiger partial charge < -0.3 is 19.3 Å². The first-order valence-electron chi connectivity index (χ1n) is 15.1. The van der Waals surface area contributed by atoms with Crippen LogP contribution in [0.3, 0.4) is 0 Å². The molecule has 0 saturated carbocycles. The number of esters is 2. The van der Waals surface area contributed by atoms with E-state index in [1.807, 2.05) is 0 Å². The summed E-state index contributed by atoms with van der Waals surface area (Å²) in [5, 5.41) is 0. The van der Waals surface area contributed by atoms with E-state index in [-0.39, 0.29) is 19.4 Å². The van der Waals surface area contributed by atoms with E-state index in [1.165, 1.54) is 57.8 Å². The molecule has 0 aliphatic carbocycles. The summed E-state index contributed by atoms with van der Waals surface area (Å²) < 4.78 is 26.1. The topological polar surface area (TPSA) is 119 Å². The van der Waals surface area contributed by atoms with Crippen LogP contribution in [-0.4, -0.2) is 41.0 Å². The van der Waals surface area contributed by atoms with E-state index in [9.17, 15) is 14.2 Å². The van der Waals surface area contributed by atoms with Crippen LogP contribution in [0.15, 0.2) is 0 Å². The second-order valence-electron chi connectivity index (χ2n) is 11.2. The molecular weight excluding hydrogens is 507 g/mol. The molecule has 0 aliphatic rings. The average molecular weight is 565 g/mol. The standard InChI is InChI=1S/C29H57O8P/c1-5-26(4)20-16-12-9-10-14-18-22-29(31)37-27(24-36-38(32,33)34)23-35-28(30)21-17-13-8-6-7-11-15-19-25(2)3/h25-27H,5-24H2,1-4H3,(H2,32,33,34)/t26?,27-/m1/s1. The molecule has 0 saturated heterocycles. The number of phosphoric acid groups is 1. The first-order chi connectivity index (χ1) is 18.0. The van der Waals surface area contributed by atoms with Gasteiger partial charge in [0.15, 0.2) is 6.10 Å². The molecule has 2 atom stereocenters. The minimum atomic E-state index is -4.73. The maximum absolute atomic E-state index is 12.2. The Hall–Kier alpha value is -0.950. The van der Waals surface area contributed by atoms with Gasteiger partial charge in [-0.2, -0.15) is 0 Å². The van der Waals surface area contributed by atoms with E-state index < -0.39 is 32.5 Å². The molecule has 1 unspecified atom stereocenters. The molecule has 0 amide bonds. The molecule has 0 fully saturated rings. The van der Waals surface area contributed by atoms with Crippen molar-refractivity contribution in [3.8, 4) is 0 Å². The third-order valence-electron chi connectivity index (χ3n) is 6.84. The Balaban J connectivity index is 4.10. The lowest BCUT2D eigenvalue weighted by molar-refractivity contribution is -0.161. The van der Waals surface area contributed by atoms with Crippen LogP contribution < -0.4 is 0 Å². The summed E-state index contributed by atoms with van der Waals surface area (Å²) in [6, 6.07) is 0. The van der Waals surface area contributed by atoms with Crippen molar-refractivity contribution in [2.75, 3.05) is 13.2 Å². The van der Waals surface area contributed by atoms with Gasteiger partial charge in [-0.25, -0.2) is 4.57 Å². The van der Waals surface area contributed by atoms with E-state index in [0.717, 1.165) is 50.4 Å². The largest absolute Gasteiger partial charge is 0.469 e. The van der Waals surface area contributed by atoms with Crippen LogP contribution in [0.1, 0.15) is 143 Å². The third-order valence-corrected chi connectivity index (χ3v) is 7.33. The summed E-state index contributed by atoms with van der Waals surface area (Å²) in [4.78, 5) is 42.3. The van der Waals surface area contributed by atoms with Crippen molar-refractivity contribution in [2.24, 2.45) is 11.8 Å². The van der Waals surface area contributed by atoms with Crippen LogP contribution >= 0.6 is 7.82 Å². The molecule has 9 heteroatoms. The maximum Gasteiger partial charge on any atom is 0.469 e. The highest BCUT2D eigenvalue weighted by Crippen LogP contribution is 2.35. The van der Waals surface area contributed by atoms with Crippen LogP contribution in [0.5, 0.6) is 0 Å². The minimum Gasteiger partial charge on any atom is -0.462 e.